The summed E-state index contributed by atoms with van der Waals surface area (Å²) in [7, 11) is 0. The lowest BCUT2D eigenvalue weighted by molar-refractivity contribution is 0.00447. The summed E-state index contributed by atoms with van der Waals surface area (Å²) in [5, 5.41) is 0. The quantitative estimate of drug-likeness (QED) is 0.511. The van der Waals surface area contributed by atoms with Crippen LogP contribution in [0.5, 0.6) is 11.5 Å². The second kappa shape index (κ2) is 11.7. The van der Waals surface area contributed by atoms with E-state index < -0.39 is 18.0 Å². The molecule has 6 nitrogen and oxygen atoms in total. The van der Waals surface area contributed by atoms with Crippen LogP contribution in [0.15, 0.2) is 48.5 Å². The SMILES string of the molecule is CCCOc1ccc(C(=O)OCC(C)OC(=O)c2ccc(OCCC)cc2)cc1. The fourth-order valence-corrected chi connectivity index (χ4v) is 2.38. The van der Waals surface area contributed by atoms with Crippen molar-refractivity contribution >= 4 is 11.9 Å². The van der Waals surface area contributed by atoms with Gasteiger partial charge in [0.15, 0.2) is 0 Å². The van der Waals surface area contributed by atoms with Gasteiger partial charge in [-0.15, -0.1) is 0 Å². The summed E-state index contributed by atoms with van der Waals surface area (Å²) in [6, 6.07) is 13.5. The van der Waals surface area contributed by atoms with E-state index in [0.29, 0.717) is 35.8 Å². The molecule has 0 bridgehead atoms. The van der Waals surface area contributed by atoms with Crippen molar-refractivity contribution in [3.05, 3.63) is 59.7 Å². The van der Waals surface area contributed by atoms with Crippen LogP contribution in [0.25, 0.3) is 0 Å². The minimum atomic E-state index is -0.574. The summed E-state index contributed by atoms with van der Waals surface area (Å²) >= 11 is 0. The van der Waals surface area contributed by atoms with Crippen molar-refractivity contribution in [2.24, 2.45) is 0 Å². The Bertz CT molecular complexity index is 767. The minimum Gasteiger partial charge on any atom is -0.494 e. The summed E-state index contributed by atoms with van der Waals surface area (Å²) in [6.07, 6.45) is 1.25. The van der Waals surface area contributed by atoms with Crippen LogP contribution in [0, 0.1) is 0 Å². The normalized spacial score (nSPS) is 11.4. The van der Waals surface area contributed by atoms with Crippen molar-refractivity contribution in [1.82, 2.24) is 0 Å². The first-order chi connectivity index (χ1) is 14.0. The average molecular weight is 400 g/mol. The first kappa shape index (κ1) is 22.3. The van der Waals surface area contributed by atoms with Crippen LogP contribution in [0.1, 0.15) is 54.3 Å². The third-order valence-electron chi connectivity index (χ3n) is 3.88. The molecule has 0 heterocycles. The Morgan fingerprint density at radius 1 is 0.759 bits per heavy atom. The van der Waals surface area contributed by atoms with E-state index in [2.05, 4.69) is 0 Å². The second-order valence-electron chi connectivity index (χ2n) is 6.56. The van der Waals surface area contributed by atoms with Crippen molar-refractivity contribution in [1.29, 1.82) is 0 Å². The molecular formula is C23H28O6. The van der Waals surface area contributed by atoms with Gasteiger partial charge in [-0.05, 0) is 68.3 Å². The molecule has 0 N–H and O–H groups in total. The van der Waals surface area contributed by atoms with Gasteiger partial charge in [0.2, 0.25) is 0 Å². The zero-order chi connectivity index (χ0) is 21.1. The van der Waals surface area contributed by atoms with E-state index >= 15 is 0 Å². The molecule has 1 unspecified atom stereocenters. The zero-order valence-electron chi connectivity index (χ0n) is 17.2. The third-order valence-corrected chi connectivity index (χ3v) is 3.88. The topological polar surface area (TPSA) is 71.1 Å². The number of rotatable bonds is 11. The van der Waals surface area contributed by atoms with Crippen LogP contribution in [0.2, 0.25) is 0 Å². The Hall–Kier alpha value is -3.02. The highest BCUT2D eigenvalue weighted by Crippen LogP contribution is 2.15. The Kier molecular flexibility index (Phi) is 9.02. The van der Waals surface area contributed by atoms with Crippen molar-refractivity contribution in [3.63, 3.8) is 0 Å². The number of hydrogen-bond donors (Lipinski definition) is 0. The van der Waals surface area contributed by atoms with E-state index in [4.69, 9.17) is 18.9 Å². The van der Waals surface area contributed by atoms with Crippen molar-refractivity contribution in [2.45, 2.75) is 39.7 Å². The molecular weight excluding hydrogens is 372 g/mol. The van der Waals surface area contributed by atoms with Gasteiger partial charge in [-0.25, -0.2) is 9.59 Å². The van der Waals surface area contributed by atoms with Crippen LogP contribution in [-0.2, 0) is 9.47 Å². The number of ether oxygens (including phenoxy) is 4. The largest absolute Gasteiger partial charge is 0.494 e. The summed E-state index contributed by atoms with van der Waals surface area (Å²) in [4.78, 5) is 24.3. The Labute approximate surface area is 171 Å². The second-order valence-corrected chi connectivity index (χ2v) is 6.56. The predicted octanol–water partition coefficient (Wildman–Crippen LogP) is 4.67. The first-order valence-electron chi connectivity index (χ1n) is 9.87. The van der Waals surface area contributed by atoms with E-state index in [1.807, 2.05) is 13.8 Å². The van der Waals surface area contributed by atoms with Gasteiger partial charge >= 0.3 is 11.9 Å². The number of hydrogen-bond acceptors (Lipinski definition) is 6. The highest BCUT2D eigenvalue weighted by Gasteiger charge is 2.15. The monoisotopic (exact) mass is 400 g/mol. The van der Waals surface area contributed by atoms with Crippen LogP contribution >= 0.6 is 0 Å². The van der Waals surface area contributed by atoms with E-state index in [1.54, 1.807) is 55.5 Å². The summed E-state index contributed by atoms with van der Waals surface area (Å²) in [5.74, 6) is 0.452. The Morgan fingerprint density at radius 3 is 1.66 bits per heavy atom. The van der Waals surface area contributed by atoms with Crippen molar-refractivity contribution in [2.75, 3.05) is 19.8 Å². The van der Waals surface area contributed by atoms with Gasteiger partial charge in [0.25, 0.3) is 0 Å². The molecule has 29 heavy (non-hydrogen) atoms. The maximum atomic E-state index is 12.2. The van der Waals surface area contributed by atoms with E-state index in [-0.39, 0.29) is 6.61 Å². The first-order valence-corrected chi connectivity index (χ1v) is 9.87. The molecule has 0 saturated heterocycles. The smallest absolute Gasteiger partial charge is 0.338 e. The molecule has 2 aromatic rings. The van der Waals surface area contributed by atoms with Gasteiger partial charge in [0, 0.05) is 0 Å². The number of carbonyl (C=O) groups excluding carboxylic acids is 2. The van der Waals surface area contributed by atoms with Crippen LogP contribution in [0.3, 0.4) is 0 Å². The van der Waals surface area contributed by atoms with E-state index in [1.165, 1.54) is 0 Å². The standard InChI is InChI=1S/C23H28O6/c1-4-14-26-20-10-6-18(7-11-20)22(24)28-16-17(3)29-23(25)19-8-12-21(13-9-19)27-15-5-2/h6-13,17H,4-5,14-16H2,1-3H3. The third kappa shape index (κ3) is 7.49. The van der Waals surface area contributed by atoms with Gasteiger partial charge in [0.1, 0.15) is 24.2 Å². The van der Waals surface area contributed by atoms with Gasteiger partial charge < -0.3 is 18.9 Å². The molecule has 0 aliphatic carbocycles. The van der Waals surface area contributed by atoms with E-state index in [0.717, 1.165) is 12.8 Å². The van der Waals surface area contributed by atoms with Crippen molar-refractivity contribution < 1.29 is 28.5 Å². The zero-order valence-corrected chi connectivity index (χ0v) is 17.2. The van der Waals surface area contributed by atoms with Gasteiger partial charge in [0.05, 0.1) is 24.3 Å². The fraction of sp³-hybridized carbons (Fsp3) is 0.391. The molecule has 0 aromatic heterocycles. The van der Waals surface area contributed by atoms with Crippen LogP contribution in [-0.4, -0.2) is 37.9 Å². The van der Waals surface area contributed by atoms with Gasteiger partial charge in [-0.3, -0.25) is 0 Å². The predicted molar refractivity (Wildman–Crippen MR) is 110 cm³/mol. The number of carbonyl (C=O) groups is 2. The Morgan fingerprint density at radius 2 is 1.21 bits per heavy atom. The summed E-state index contributed by atoms with van der Waals surface area (Å²) < 4.78 is 21.5. The molecule has 0 spiro atoms. The maximum absolute atomic E-state index is 12.2. The lowest BCUT2D eigenvalue weighted by Gasteiger charge is -2.14. The number of benzene rings is 2. The molecule has 2 aromatic carbocycles. The molecule has 0 radical (unpaired) electrons. The van der Waals surface area contributed by atoms with Gasteiger partial charge in [-0.2, -0.15) is 0 Å². The van der Waals surface area contributed by atoms with Crippen molar-refractivity contribution in [3.8, 4) is 11.5 Å². The molecule has 156 valence electrons. The molecule has 0 saturated carbocycles. The highest BCUT2D eigenvalue weighted by molar-refractivity contribution is 5.90. The molecule has 0 aliphatic rings. The molecule has 0 fully saturated rings. The number of esters is 2. The van der Waals surface area contributed by atoms with Crippen LogP contribution in [0.4, 0.5) is 0 Å². The van der Waals surface area contributed by atoms with Gasteiger partial charge in [-0.1, -0.05) is 13.8 Å². The molecule has 6 heteroatoms. The molecule has 1 atom stereocenters. The Balaban J connectivity index is 1.78. The van der Waals surface area contributed by atoms with Crippen LogP contribution < -0.4 is 9.47 Å². The maximum Gasteiger partial charge on any atom is 0.338 e. The lowest BCUT2D eigenvalue weighted by Crippen LogP contribution is -2.22. The summed E-state index contributed by atoms with van der Waals surface area (Å²) in [5.41, 5.74) is 0.824. The molecule has 0 aliphatic heterocycles. The molecule has 0 amide bonds. The molecule has 2 rings (SSSR count). The average Bonchev–Trinajstić information content (AvgIpc) is 2.75. The fourth-order valence-electron chi connectivity index (χ4n) is 2.38. The minimum absolute atomic E-state index is 0.0314. The summed E-state index contributed by atoms with van der Waals surface area (Å²) in [6.45, 7) is 6.94. The highest BCUT2D eigenvalue weighted by atomic mass is 16.6. The van der Waals surface area contributed by atoms with E-state index in [9.17, 15) is 9.59 Å². The lowest BCUT2D eigenvalue weighted by atomic mass is 10.2.